The predicted octanol–water partition coefficient (Wildman–Crippen LogP) is 8.89. The Hall–Kier alpha value is -4.40. The maximum Gasteiger partial charge on any atom is 0.115 e. The van der Waals surface area contributed by atoms with Crippen molar-refractivity contribution < 1.29 is 28.4 Å². The molecule has 264 valence electrons. The Labute approximate surface area is 302 Å². The van der Waals surface area contributed by atoms with Crippen molar-refractivity contribution in [3.8, 4) is 0 Å². The molecule has 0 aliphatic carbocycles. The van der Waals surface area contributed by atoms with Gasteiger partial charge >= 0.3 is 0 Å². The summed E-state index contributed by atoms with van der Waals surface area (Å²) in [5.74, 6) is 0. The topological polar surface area (TPSA) is 55.4 Å². The van der Waals surface area contributed by atoms with Gasteiger partial charge in [0.15, 0.2) is 0 Å². The average molecular weight is 685 g/mol. The highest BCUT2D eigenvalue weighted by atomic mass is 16.6. The molecule has 0 N–H and O–H groups in total. The lowest BCUT2D eigenvalue weighted by molar-refractivity contribution is -0.216. The summed E-state index contributed by atoms with van der Waals surface area (Å²) >= 11 is 0. The molecule has 6 nitrogen and oxygen atoms in total. The lowest BCUT2D eigenvalue weighted by atomic mass is 9.95. The standard InChI is InChI=1S/C45H48O6/c1-35-27-41(47-28-35)43(49-31-38-21-11-4-12-22-38)45(51-33-40-25-15-6-16-26-40)44(50-32-39-23-13-5-14-24-39)42(48-30-37-19-9-3-10-20-37)34-46-29-36-17-7-2-8-18-36/h2-26,41-45H,1,27-34H2/t41?,42-,43+,44+,45-/m1/s1. The summed E-state index contributed by atoms with van der Waals surface area (Å²) in [4.78, 5) is 0. The minimum absolute atomic E-state index is 0.274. The molecule has 51 heavy (non-hydrogen) atoms. The van der Waals surface area contributed by atoms with Crippen molar-refractivity contribution in [1.29, 1.82) is 0 Å². The number of ether oxygens (including phenoxy) is 6. The summed E-state index contributed by atoms with van der Waals surface area (Å²) in [6.45, 7) is 6.90. The zero-order valence-corrected chi connectivity index (χ0v) is 29.1. The van der Waals surface area contributed by atoms with E-state index in [1.165, 1.54) is 0 Å². The highest BCUT2D eigenvalue weighted by Crippen LogP contribution is 2.31. The molecule has 5 aromatic carbocycles. The van der Waals surface area contributed by atoms with Gasteiger partial charge in [-0.15, -0.1) is 0 Å². The third kappa shape index (κ3) is 11.6. The molecule has 6 rings (SSSR count). The lowest BCUT2D eigenvalue weighted by Gasteiger charge is -2.39. The van der Waals surface area contributed by atoms with Gasteiger partial charge in [-0.2, -0.15) is 0 Å². The monoisotopic (exact) mass is 684 g/mol. The molecule has 0 saturated carbocycles. The van der Waals surface area contributed by atoms with Crippen molar-refractivity contribution in [2.24, 2.45) is 0 Å². The van der Waals surface area contributed by atoms with E-state index in [0.29, 0.717) is 46.1 Å². The van der Waals surface area contributed by atoms with Crippen LogP contribution in [0.3, 0.4) is 0 Å². The second kappa shape index (κ2) is 19.8. The third-order valence-electron chi connectivity index (χ3n) is 8.93. The van der Waals surface area contributed by atoms with Gasteiger partial charge < -0.3 is 28.4 Å². The number of rotatable bonds is 20. The van der Waals surface area contributed by atoms with Gasteiger partial charge in [-0.25, -0.2) is 0 Å². The molecule has 0 spiro atoms. The molecule has 1 heterocycles. The molecule has 0 bridgehead atoms. The molecule has 1 saturated heterocycles. The zero-order chi connectivity index (χ0) is 34.9. The zero-order valence-electron chi connectivity index (χ0n) is 29.1. The molecule has 0 aromatic heterocycles. The SMILES string of the molecule is C=C1COC([C@H](OCc2ccccc2)[C@@H](OCc2ccccc2)[C@@H](OCc2ccccc2)[C@@H](COCc2ccccc2)OCc2ccccc2)C1. The van der Waals surface area contributed by atoms with Crippen LogP contribution in [0.15, 0.2) is 164 Å². The molecule has 1 aliphatic rings. The molecule has 5 atom stereocenters. The first-order chi connectivity index (χ1) is 25.2. The fraction of sp³-hybridized carbons (Fsp3) is 0.289. The van der Waals surface area contributed by atoms with Crippen LogP contribution < -0.4 is 0 Å². The van der Waals surface area contributed by atoms with Gasteiger partial charge in [0.25, 0.3) is 0 Å². The summed E-state index contributed by atoms with van der Waals surface area (Å²) in [5, 5.41) is 0. The van der Waals surface area contributed by atoms with Crippen molar-refractivity contribution in [2.75, 3.05) is 13.2 Å². The largest absolute Gasteiger partial charge is 0.374 e. The van der Waals surface area contributed by atoms with Crippen molar-refractivity contribution in [3.63, 3.8) is 0 Å². The summed E-state index contributed by atoms with van der Waals surface area (Å²) in [6.07, 6.45) is -1.86. The van der Waals surface area contributed by atoms with Gasteiger partial charge in [0, 0.05) is 0 Å². The Morgan fingerprint density at radius 1 is 0.490 bits per heavy atom. The Kier molecular flexibility index (Phi) is 14.2. The fourth-order valence-electron chi connectivity index (χ4n) is 6.22. The van der Waals surface area contributed by atoms with Gasteiger partial charge in [0.1, 0.15) is 24.4 Å². The summed E-state index contributed by atoms with van der Waals surface area (Å²) in [7, 11) is 0. The minimum Gasteiger partial charge on any atom is -0.374 e. The number of benzene rings is 5. The van der Waals surface area contributed by atoms with E-state index in [-0.39, 0.29) is 12.7 Å². The van der Waals surface area contributed by atoms with Gasteiger partial charge in [0.2, 0.25) is 0 Å². The molecule has 1 unspecified atom stereocenters. The quantitative estimate of drug-likeness (QED) is 0.0764. The Morgan fingerprint density at radius 3 is 1.31 bits per heavy atom. The maximum absolute atomic E-state index is 6.98. The lowest BCUT2D eigenvalue weighted by Crippen LogP contribution is -2.54. The van der Waals surface area contributed by atoms with Gasteiger partial charge in [0.05, 0.1) is 52.4 Å². The van der Waals surface area contributed by atoms with Crippen LogP contribution in [0.5, 0.6) is 0 Å². The summed E-state index contributed by atoms with van der Waals surface area (Å²) in [5.41, 5.74) is 6.32. The Morgan fingerprint density at radius 2 is 0.882 bits per heavy atom. The fourth-order valence-corrected chi connectivity index (χ4v) is 6.22. The van der Waals surface area contributed by atoms with Crippen LogP contribution in [0.1, 0.15) is 34.2 Å². The molecular formula is C45H48O6. The average Bonchev–Trinajstić information content (AvgIpc) is 3.63. The van der Waals surface area contributed by atoms with Crippen LogP contribution in [-0.4, -0.2) is 43.7 Å². The third-order valence-corrected chi connectivity index (χ3v) is 8.93. The predicted molar refractivity (Wildman–Crippen MR) is 200 cm³/mol. The van der Waals surface area contributed by atoms with E-state index in [2.05, 4.69) is 67.2 Å². The van der Waals surface area contributed by atoms with Crippen LogP contribution >= 0.6 is 0 Å². The first-order valence-corrected chi connectivity index (χ1v) is 17.7. The van der Waals surface area contributed by atoms with Crippen molar-refractivity contribution >= 4 is 0 Å². The first-order valence-electron chi connectivity index (χ1n) is 17.7. The van der Waals surface area contributed by atoms with Gasteiger partial charge in [-0.05, 0) is 39.8 Å². The van der Waals surface area contributed by atoms with Crippen LogP contribution in [-0.2, 0) is 61.5 Å². The van der Waals surface area contributed by atoms with Crippen LogP contribution in [0.2, 0.25) is 0 Å². The molecule has 1 aliphatic heterocycles. The highest BCUT2D eigenvalue weighted by molar-refractivity contribution is 5.17. The Balaban J connectivity index is 1.36. The van der Waals surface area contributed by atoms with E-state index in [1.54, 1.807) is 0 Å². The first kappa shape index (κ1) is 36.4. The second-order valence-corrected chi connectivity index (χ2v) is 12.9. The van der Waals surface area contributed by atoms with Crippen LogP contribution in [0, 0.1) is 0 Å². The second-order valence-electron chi connectivity index (χ2n) is 12.9. The van der Waals surface area contributed by atoms with E-state index in [9.17, 15) is 0 Å². The van der Waals surface area contributed by atoms with E-state index >= 15 is 0 Å². The van der Waals surface area contributed by atoms with Crippen LogP contribution in [0.4, 0.5) is 0 Å². The van der Waals surface area contributed by atoms with E-state index in [4.69, 9.17) is 28.4 Å². The molecule has 5 aromatic rings. The van der Waals surface area contributed by atoms with Gasteiger partial charge in [-0.3, -0.25) is 0 Å². The molecule has 1 fully saturated rings. The smallest absolute Gasteiger partial charge is 0.115 e. The van der Waals surface area contributed by atoms with E-state index in [1.807, 2.05) is 91.0 Å². The number of hydrogen-bond donors (Lipinski definition) is 0. The molecule has 6 heteroatoms. The maximum atomic E-state index is 6.98. The van der Waals surface area contributed by atoms with E-state index < -0.39 is 24.4 Å². The minimum atomic E-state index is -0.605. The molecule has 0 radical (unpaired) electrons. The van der Waals surface area contributed by atoms with Crippen molar-refractivity contribution in [2.45, 2.75) is 70.0 Å². The number of hydrogen-bond acceptors (Lipinski definition) is 6. The van der Waals surface area contributed by atoms with E-state index in [0.717, 1.165) is 33.4 Å². The van der Waals surface area contributed by atoms with Crippen molar-refractivity contribution in [1.82, 2.24) is 0 Å². The Bertz CT molecular complexity index is 1680. The van der Waals surface area contributed by atoms with Crippen LogP contribution in [0.25, 0.3) is 0 Å². The molecular weight excluding hydrogens is 636 g/mol. The highest BCUT2D eigenvalue weighted by Gasteiger charge is 2.44. The summed E-state index contributed by atoms with van der Waals surface area (Å²) < 4.78 is 40.4. The molecule has 0 amide bonds. The normalized spacial score (nSPS) is 16.8. The van der Waals surface area contributed by atoms with Gasteiger partial charge in [-0.1, -0.05) is 158 Å². The van der Waals surface area contributed by atoms with Crippen molar-refractivity contribution in [3.05, 3.63) is 192 Å². The summed E-state index contributed by atoms with van der Waals surface area (Å²) in [6, 6.07) is 50.9.